The summed E-state index contributed by atoms with van der Waals surface area (Å²) in [5.41, 5.74) is 8.97. The zero-order valence-corrected chi connectivity index (χ0v) is 10.4. The van der Waals surface area contributed by atoms with Gasteiger partial charge in [-0.2, -0.15) is 0 Å². The summed E-state index contributed by atoms with van der Waals surface area (Å²) in [6.45, 7) is 5.96. The van der Waals surface area contributed by atoms with E-state index in [1.54, 1.807) is 11.9 Å². The summed E-state index contributed by atoms with van der Waals surface area (Å²) in [5.74, 6) is -0.0329. The molecule has 1 unspecified atom stereocenters. The molecule has 0 aliphatic carbocycles. The van der Waals surface area contributed by atoms with Crippen LogP contribution in [0.2, 0.25) is 0 Å². The van der Waals surface area contributed by atoms with Gasteiger partial charge in [-0.25, -0.2) is 0 Å². The molecule has 1 amide bonds. The number of rotatable bonds is 3. The average molecular weight is 220 g/mol. The topological polar surface area (TPSA) is 46.3 Å². The van der Waals surface area contributed by atoms with Crippen LogP contribution in [-0.4, -0.2) is 19.0 Å². The molecule has 16 heavy (non-hydrogen) atoms. The fourth-order valence-electron chi connectivity index (χ4n) is 1.72. The number of hydrogen-bond donors (Lipinski definition) is 1. The number of nitrogens with two attached hydrogens (primary N) is 1. The van der Waals surface area contributed by atoms with Crippen LogP contribution in [-0.2, 0) is 4.79 Å². The second-order valence-electron chi connectivity index (χ2n) is 4.20. The van der Waals surface area contributed by atoms with Gasteiger partial charge < -0.3 is 10.6 Å². The standard InChI is InChI=1S/C13H20N2O/c1-5-11(14)13(16)15(4)12-7-6-9(2)8-10(12)3/h6-8,11H,5,14H2,1-4H3. The Kier molecular flexibility index (Phi) is 4.07. The van der Waals surface area contributed by atoms with Crippen molar-refractivity contribution in [2.45, 2.75) is 33.2 Å². The molecule has 0 fully saturated rings. The summed E-state index contributed by atoms with van der Waals surface area (Å²) in [4.78, 5) is 13.6. The molecule has 0 spiro atoms. The number of nitrogens with zero attached hydrogens (tertiary/aromatic N) is 1. The van der Waals surface area contributed by atoms with Gasteiger partial charge in [0.15, 0.2) is 0 Å². The van der Waals surface area contributed by atoms with Crippen molar-refractivity contribution in [3.05, 3.63) is 29.3 Å². The third-order valence-corrected chi connectivity index (χ3v) is 2.80. The summed E-state index contributed by atoms with van der Waals surface area (Å²) in [6.07, 6.45) is 0.661. The minimum Gasteiger partial charge on any atom is -0.320 e. The molecule has 0 radical (unpaired) electrons. The first-order chi connectivity index (χ1) is 7.47. The average Bonchev–Trinajstić information content (AvgIpc) is 2.26. The molecule has 0 heterocycles. The Morgan fingerprint density at radius 2 is 2.06 bits per heavy atom. The van der Waals surface area contributed by atoms with Gasteiger partial charge in [-0.15, -0.1) is 0 Å². The molecule has 3 heteroatoms. The zero-order valence-electron chi connectivity index (χ0n) is 10.4. The third kappa shape index (κ3) is 2.61. The molecule has 0 aliphatic heterocycles. The first-order valence-corrected chi connectivity index (χ1v) is 5.57. The van der Waals surface area contributed by atoms with Crippen LogP contribution in [0.3, 0.4) is 0 Å². The van der Waals surface area contributed by atoms with Gasteiger partial charge in [-0.05, 0) is 31.9 Å². The highest BCUT2D eigenvalue weighted by molar-refractivity contribution is 5.97. The summed E-state index contributed by atoms with van der Waals surface area (Å²) in [5, 5.41) is 0. The van der Waals surface area contributed by atoms with E-state index in [-0.39, 0.29) is 5.91 Å². The van der Waals surface area contributed by atoms with E-state index in [0.717, 1.165) is 11.3 Å². The maximum absolute atomic E-state index is 11.9. The minimum atomic E-state index is -0.411. The van der Waals surface area contributed by atoms with Gasteiger partial charge in [0.05, 0.1) is 6.04 Å². The van der Waals surface area contributed by atoms with Crippen LogP contribution in [0.4, 0.5) is 5.69 Å². The monoisotopic (exact) mass is 220 g/mol. The first-order valence-electron chi connectivity index (χ1n) is 5.57. The summed E-state index contributed by atoms with van der Waals surface area (Å²) in [7, 11) is 1.77. The number of amides is 1. The van der Waals surface area contributed by atoms with Crippen LogP contribution >= 0.6 is 0 Å². The van der Waals surface area contributed by atoms with Crippen LogP contribution in [0, 0.1) is 13.8 Å². The quantitative estimate of drug-likeness (QED) is 0.847. The molecule has 1 aromatic rings. The minimum absolute atomic E-state index is 0.0329. The maximum Gasteiger partial charge on any atom is 0.243 e. The molecule has 1 atom stereocenters. The Balaban J connectivity index is 2.96. The zero-order chi connectivity index (χ0) is 12.3. The highest BCUT2D eigenvalue weighted by Gasteiger charge is 2.18. The van der Waals surface area contributed by atoms with Crippen LogP contribution in [0.5, 0.6) is 0 Å². The summed E-state index contributed by atoms with van der Waals surface area (Å²) < 4.78 is 0. The van der Waals surface area contributed by atoms with Crippen LogP contribution in [0.15, 0.2) is 18.2 Å². The van der Waals surface area contributed by atoms with Crippen molar-refractivity contribution in [2.75, 3.05) is 11.9 Å². The first kappa shape index (κ1) is 12.7. The molecule has 0 aromatic heterocycles. The molecule has 0 aliphatic rings. The number of carbonyl (C=O) groups is 1. The molecule has 3 nitrogen and oxygen atoms in total. The highest BCUT2D eigenvalue weighted by Crippen LogP contribution is 2.20. The largest absolute Gasteiger partial charge is 0.320 e. The molecule has 0 saturated heterocycles. The number of aryl methyl sites for hydroxylation is 2. The Hall–Kier alpha value is -1.35. The summed E-state index contributed by atoms with van der Waals surface area (Å²) in [6, 6.07) is 5.62. The summed E-state index contributed by atoms with van der Waals surface area (Å²) >= 11 is 0. The maximum atomic E-state index is 11.9. The Labute approximate surface area is 97.2 Å². The number of likely N-dealkylation sites (N-methyl/N-ethyl adjacent to an activating group) is 1. The number of anilines is 1. The van der Waals surface area contributed by atoms with E-state index < -0.39 is 6.04 Å². The molecule has 1 aromatic carbocycles. The van der Waals surface area contributed by atoms with Crippen LogP contribution < -0.4 is 10.6 Å². The van der Waals surface area contributed by atoms with E-state index >= 15 is 0 Å². The lowest BCUT2D eigenvalue weighted by Crippen LogP contribution is -2.41. The van der Waals surface area contributed by atoms with Crippen molar-refractivity contribution in [2.24, 2.45) is 5.73 Å². The third-order valence-electron chi connectivity index (χ3n) is 2.80. The predicted octanol–water partition coefficient (Wildman–Crippen LogP) is 2.00. The second kappa shape index (κ2) is 5.12. The van der Waals surface area contributed by atoms with Gasteiger partial charge >= 0.3 is 0 Å². The molecule has 88 valence electrons. The fourth-order valence-corrected chi connectivity index (χ4v) is 1.72. The van der Waals surface area contributed by atoms with E-state index in [4.69, 9.17) is 5.73 Å². The van der Waals surface area contributed by atoms with Crippen molar-refractivity contribution in [1.82, 2.24) is 0 Å². The predicted molar refractivity (Wildman–Crippen MR) is 67.6 cm³/mol. The van der Waals surface area contributed by atoms with Gasteiger partial charge in [-0.1, -0.05) is 24.6 Å². The van der Waals surface area contributed by atoms with Crippen molar-refractivity contribution in [3.8, 4) is 0 Å². The van der Waals surface area contributed by atoms with Gasteiger partial charge in [0.1, 0.15) is 0 Å². The van der Waals surface area contributed by atoms with Gasteiger partial charge in [0, 0.05) is 12.7 Å². The van der Waals surface area contributed by atoms with Crippen molar-refractivity contribution in [1.29, 1.82) is 0 Å². The molecule has 0 saturated carbocycles. The lowest BCUT2D eigenvalue weighted by molar-refractivity contribution is -0.119. The SMILES string of the molecule is CCC(N)C(=O)N(C)c1ccc(C)cc1C. The lowest BCUT2D eigenvalue weighted by atomic mass is 10.1. The molecular formula is C13H20N2O. The van der Waals surface area contributed by atoms with Gasteiger partial charge in [0.2, 0.25) is 5.91 Å². The van der Waals surface area contributed by atoms with E-state index in [1.165, 1.54) is 5.56 Å². The Morgan fingerprint density at radius 1 is 1.44 bits per heavy atom. The molecule has 0 bridgehead atoms. The van der Waals surface area contributed by atoms with Gasteiger partial charge in [0.25, 0.3) is 0 Å². The molecular weight excluding hydrogens is 200 g/mol. The van der Waals surface area contributed by atoms with Crippen LogP contribution in [0.25, 0.3) is 0 Å². The van der Waals surface area contributed by atoms with Crippen molar-refractivity contribution >= 4 is 11.6 Å². The Morgan fingerprint density at radius 3 is 2.56 bits per heavy atom. The number of carbonyl (C=O) groups excluding carboxylic acids is 1. The highest BCUT2D eigenvalue weighted by atomic mass is 16.2. The smallest absolute Gasteiger partial charge is 0.243 e. The second-order valence-corrected chi connectivity index (χ2v) is 4.20. The lowest BCUT2D eigenvalue weighted by Gasteiger charge is -2.22. The van der Waals surface area contributed by atoms with Gasteiger partial charge in [-0.3, -0.25) is 4.79 Å². The van der Waals surface area contributed by atoms with E-state index in [2.05, 4.69) is 6.07 Å². The molecule has 1 rings (SSSR count). The number of benzene rings is 1. The van der Waals surface area contributed by atoms with E-state index in [9.17, 15) is 4.79 Å². The van der Waals surface area contributed by atoms with Crippen molar-refractivity contribution < 1.29 is 4.79 Å². The van der Waals surface area contributed by atoms with E-state index in [0.29, 0.717) is 6.42 Å². The fraction of sp³-hybridized carbons (Fsp3) is 0.462. The van der Waals surface area contributed by atoms with E-state index in [1.807, 2.05) is 32.9 Å². The number of hydrogen-bond acceptors (Lipinski definition) is 2. The normalized spacial score (nSPS) is 12.3. The Bertz CT molecular complexity index is 388. The van der Waals surface area contributed by atoms with Crippen molar-refractivity contribution in [3.63, 3.8) is 0 Å². The molecule has 2 N–H and O–H groups in total. The van der Waals surface area contributed by atoms with Crippen LogP contribution in [0.1, 0.15) is 24.5 Å².